The van der Waals surface area contributed by atoms with Crippen LogP contribution in [0.15, 0.2) is 52.5 Å². The number of aliphatic hydroxyl groups excluding tert-OH is 1. The Balaban J connectivity index is 1.43. The molecule has 1 saturated heterocycles. The first-order valence-corrected chi connectivity index (χ1v) is 16.6. The fourth-order valence-electron chi connectivity index (χ4n) is 6.50. The summed E-state index contributed by atoms with van der Waals surface area (Å²) >= 11 is 0. The molecule has 6 rings (SSSR count). The smallest absolute Gasteiger partial charge is 0.276 e. The third kappa shape index (κ3) is 5.71. The van der Waals surface area contributed by atoms with E-state index in [0.717, 1.165) is 11.8 Å². The average molecular weight is 682 g/mol. The number of nitrogens with one attached hydrogen (secondary N) is 1. The van der Waals surface area contributed by atoms with E-state index >= 15 is 0 Å². The molecule has 3 aromatic carbocycles. The average Bonchev–Trinajstić information content (AvgIpc) is 3.03. The number of nitrogens with two attached hydrogens (primary N) is 1. The number of aliphatic hydroxyl groups is 2. The predicted molar refractivity (Wildman–Crippen MR) is 170 cm³/mol. The van der Waals surface area contributed by atoms with E-state index in [-0.39, 0.29) is 45.7 Å². The molecule has 3 aromatic rings. The van der Waals surface area contributed by atoms with Crippen LogP contribution in [0.4, 0.5) is 0 Å². The lowest BCUT2D eigenvalue weighted by molar-refractivity contribution is -0.245. The van der Waals surface area contributed by atoms with E-state index in [2.05, 4.69) is 9.93 Å². The number of phenolic OH excluding ortho intramolecular Hbond substituents is 2. The fourth-order valence-corrected chi connectivity index (χ4v) is 7.29. The van der Waals surface area contributed by atoms with Gasteiger partial charge in [-0.25, -0.2) is 4.83 Å². The summed E-state index contributed by atoms with van der Waals surface area (Å²) in [6, 6.07) is 9.66. The van der Waals surface area contributed by atoms with Gasteiger partial charge in [-0.1, -0.05) is 29.8 Å². The van der Waals surface area contributed by atoms with Crippen LogP contribution in [-0.4, -0.2) is 83.9 Å². The Bertz CT molecular complexity index is 1930. The van der Waals surface area contributed by atoms with Gasteiger partial charge in [-0.2, -0.15) is 13.5 Å². The number of aryl methyl sites for hydroxylation is 1. The van der Waals surface area contributed by atoms with Gasteiger partial charge in [-0.05, 0) is 32.0 Å². The van der Waals surface area contributed by atoms with Gasteiger partial charge in [0.15, 0.2) is 12.1 Å². The van der Waals surface area contributed by atoms with Gasteiger partial charge < -0.3 is 40.4 Å². The highest BCUT2D eigenvalue weighted by atomic mass is 32.2. The number of benzene rings is 3. The third-order valence-electron chi connectivity index (χ3n) is 8.98. The lowest BCUT2D eigenvalue weighted by Gasteiger charge is -2.41. The quantitative estimate of drug-likeness (QED) is 0.0931. The molecule has 0 bridgehead atoms. The lowest BCUT2D eigenvalue weighted by Crippen LogP contribution is -2.52. The minimum absolute atomic E-state index is 0.0138. The number of sulfonamides is 1. The van der Waals surface area contributed by atoms with Gasteiger partial charge in [0.2, 0.25) is 5.78 Å². The summed E-state index contributed by atoms with van der Waals surface area (Å²) < 4.78 is 43.0. The number of aromatic hydroxyl groups is 2. The zero-order valence-corrected chi connectivity index (χ0v) is 27.0. The second-order valence-corrected chi connectivity index (χ2v) is 14.0. The van der Waals surface area contributed by atoms with Gasteiger partial charge in [-0.3, -0.25) is 9.59 Å². The van der Waals surface area contributed by atoms with E-state index in [1.54, 1.807) is 26.0 Å². The van der Waals surface area contributed by atoms with Gasteiger partial charge in [0.1, 0.15) is 22.8 Å². The Morgan fingerprint density at radius 2 is 1.75 bits per heavy atom. The summed E-state index contributed by atoms with van der Waals surface area (Å²) in [4.78, 5) is 29.6. The van der Waals surface area contributed by atoms with Crippen LogP contribution in [0.2, 0.25) is 0 Å². The first-order chi connectivity index (χ1) is 22.7. The van der Waals surface area contributed by atoms with Gasteiger partial charge in [-0.15, -0.1) is 0 Å². The van der Waals surface area contributed by atoms with E-state index in [4.69, 9.17) is 19.9 Å². The van der Waals surface area contributed by atoms with Crippen LogP contribution in [0.5, 0.6) is 17.2 Å². The molecule has 48 heavy (non-hydrogen) atoms. The number of methoxy groups -OCH3 is 1. The molecule has 0 spiro atoms. The topological polar surface area (TPSA) is 227 Å². The Morgan fingerprint density at radius 1 is 1.06 bits per heavy atom. The largest absolute Gasteiger partial charge is 0.507 e. The van der Waals surface area contributed by atoms with E-state index in [0.29, 0.717) is 0 Å². The summed E-state index contributed by atoms with van der Waals surface area (Å²) in [7, 11) is -2.80. The molecule has 6 atom stereocenters. The van der Waals surface area contributed by atoms with Crippen LogP contribution in [0.3, 0.4) is 0 Å². The van der Waals surface area contributed by atoms with Gasteiger partial charge >= 0.3 is 0 Å². The number of rotatable bonds is 7. The minimum atomic E-state index is -4.12. The number of ether oxygens (including phenoxy) is 3. The van der Waals surface area contributed by atoms with E-state index in [1.807, 2.05) is 0 Å². The molecular formula is C33H35N3O11S. The zero-order valence-electron chi connectivity index (χ0n) is 26.2. The van der Waals surface area contributed by atoms with Crippen molar-refractivity contribution >= 4 is 27.8 Å². The first-order valence-electron chi connectivity index (χ1n) is 15.1. The van der Waals surface area contributed by atoms with Crippen molar-refractivity contribution in [2.75, 3.05) is 7.11 Å². The summed E-state index contributed by atoms with van der Waals surface area (Å²) in [5.41, 5.74) is 3.65. The number of nitrogens with zero attached hydrogens (tertiary/aromatic N) is 1. The van der Waals surface area contributed by atoms with Crippen molar-refractivity contribution in [1.82, 2.24) is 4.83 Å². The van der Waals surface area contributed by atoms with Crippen molar-refractivity contribution in [2.24, 2.45) is 10.8 Å². The molecule has 15 heteroatoms. The molecule has 0 amide bonds. The Labute approximate surface area is 275 Å². The van der Waals surface area contributed by atoms with Crippen molar-refractivity contribution in [1.29, 1.82) is 0 Å². The summed E-state index contributed by atoms with van der Waals surface area (Å²) in [5.74, 6) is -2.76. The molecule has 6 unspecified atom stereocenters. The maximum atomic E-state index is 13.9. The molecule has 1 fully saturated rings. The SMILES string of the molecule is COc1cccc2c1C(=O)c1c(O)c3c(c(O)c1C2=O)CC(O)(/C=N/NS(=O)(=O)c1ccc(C)cc1)CC3OC1CC(N)C(O)C(C)O1. The number of hydrogen-bond acceptors (Lipinski definition) is 13. The van der Waals surface area contributed by atoms with Crippen molar-refractivity contribution in [3.63, 3.8) is 0 Å². The molecule has 14 nitrogen and oxygen atoms in total. The molecule has 7 N–H and O–H groups in total. The monoisotopic (exact) mass is 681 g/mol. The highest BCUT2D eigenvalue weighted by Gasteiger charge is 2.47. The summed E-state index contributed by atoms with van der Waals surface area (Å²) in [6.07, 6.45) is -3.99. The van der Waals surface area contributed by atoms with Crippen molar-refractivity contribution < 1.29 is 52.6 Å². The van der Waals surface area contributed by atoms with Crippen LogP contribution in [0.1, 0.15) is 74.4 Å². The normalized spacial score (nSPS) is 26.9. The molecule has 1 aliphatic heterocycles. The molecule has 3 aliphatic rings. The Morgan fingerprint density at radius 3 is 2.42 bits per heavy atom. The number of carbonyl (C=O) groups is 2. The van der Waals surface area contributed by atoms with Crippen molar-refractivity contribution in [2.45, 2.75) is 74.3 Å². The number of phenols is 2. The summed E-state index contributed by atoms with van der Waals surface area (Å²) in [6.45, 7) is 3.39. The number of fused-ring (bicyclic) bond motifs is 3. The van der Waals surface area contributed by atoms with E-state index in [1.165, 1.54) is 37.4 Å². The van der Waals surface area contributed by atoms with Crippen molar-refractivity contribution in [3.8, 4) is 17.2 Å². The van der Waals surface area contributed by atoms with Gasteiger partial charge in [0.25, 0.3) is 10.0 Å². The molecule has 254 valence electrons. The van der Waals surface area contributed by atoms with Crippen LogP contribution in [-0.2, 0) is 25.9 Å². The third-order valence-corrected chi connectivity index (χ3v) is 10.2. The molecule has 2 aliphatic carbocycles. The van der Waals surface area contributed by atoms with Crippen LogP contribution in [0, 0.1) is 6.92 Å². The Hall–Kier alpha value is -4.38. The summed E-state index contributed by atoms with van der Waals surface area (Å²) in [5, 5.41) is 49.2. The number of hydrazone groups is 1. The molecule has 1 heterocycles. The number of hydrogen-bond donors (Lipinski definition) is 6. The number of ketones is 2. The maximum Gasteiger partial charge on any atom is 0.276 e. The van der Waals surface area contributed by atoms with Crippen LogP contribution >= 0.6 is 0 Å². The molecule has 0 saturated carbocycles. The lowest BCUT2D eigenvalue weighted by atomic mass is 9.73. The Kier molecular flexibility index (Phi) is 8.56. The minimum Gasteiger partial charge on any atom is -0.507 e. The van der Waals surface area contributed by atoms with Crippen LogP contribution < -0.4 is 15.3 Å². The number of carbonyl (C=O) groups excluding carboxylic acids is 2. The maximum absolute atomic E-state index is 13.9. The van der Waals surface area contributed by atoms with E-state index < -0.39 is 86.9 Å². The molecule has 0 aromatic heterocycles. The predicted octanol–water partition coefficient (Wildman–Crippen LogP) is 1.71. The van der Waals surface area contributed by atoms with Crippen molar-refractivity contribution in [3.05, 3.63) is 81.4 Å². The zero-order chi connectivity index (χ0) is 34.7. The van der Waals surface area contributed by atoms with Crippen LogP contribution in [0.25, 0.3) is 0 Å². The van der Waals surface area contributed by atoms with E-state index in [9.17, 15) is 38.4 Å². The van der Waals surface area contributed by atoms with Gasteiger partial charge in [0, 0.05) is 42.0 Å². The molecule has 0 radical (unpaired) electrons. The molecular weight excluding hydrogens is 646 g/mol. The highest BCUT2D eigenvalue weighted by molar-refractivity contribution is 7.89. The highest BCUT2D eigenvalue weighted by Crippen LogP contribution is 2.52. The second-order valence-electron chi connectivity index (χ2n) is 12.3. The first kappa shape index (κ1) is 33.5. The second kappa shape index (κ2) is 12.3. The fraction of sp³-hybridized carbons (Fsp3) is 0.364. The standard InChI is InChI=1S/C33H35N3O11S/c1-15-7-9-17(10-8-15)48(43,44)36-35-14-33(42)12-19-25(22(13-33)47-23-11-20(34)28(37)16(2)46-23)32(41)27-26(30(19)39)29(38)18-5-4-6-21(45-3)24(18)31(27)40/h4-10,14,16,20,22-23,28,36-37,39,41-42H,11-13,34H2,1-3H3/b35-14+. The van der Waals surface area contributed by atoms with Gasteiger partial charge in [0.05, 0.1) is 53.2 Å².